The zero-order valence-electron chi connectivity index (χ0n) is 8.11. The van der Waals surface area contributed by atoms with E-state index >= 15 is 0 Å². The molecule has 1 aromatic rings. The summed E-state index contributed by atoms with van der Waals surface area (Å²) in [5.74, 6) is 0.298. The number of hydrogen-bond donors (Lipinski definition) is 2. The molecule has 15 heavy (non-hydrogen) atoms. The molecule has 1 rings (SSSR count). The van der Waals surface area contributed by atoms with Gasteiger partial charge in [-0.05, 0) is 12.1 Å². The fraction of sp³-hybridized carbons (Fsp3) is 0.222. The number of nitrogens with two attached hydrogens (primary N) is 1. The summed E-state index contributed by atoms with van der Waals surface area (Å²) in [7, 11) is 1.49. The fourth-order valence-corrected chi connectivity index (χ4v) is 1.31. The summed E-state index contributed by atoms with van der Waals surface area (Å²) in [6.07, 6.45) is 0. The van der Waals surface area contributed by atoms with Crippen LogP contribution in [0.4, 0.5) is 0 Å². The monoisotopic (exact) mass is 230 g/mol. The predicted molar refractivity (Wildman–Crippen MR) is 56.5 cm³/mol. The molecule has 0 radical (unpaired) electrons. The smallest absolute Gasteiger partial charge is 0.188 e. The molecule has 0 aliphatic rings. The Kier molecular flexibility index (Phi) is 4.20. The Morgan fingerprint density at radius 1 is 1.60 bits per heavy atom. The molecule has 0 bridgehead atoms. The molecule has 0 unspecified atom stereocenters. The molecule has 0 heterocycles. The number of amidine groups is 1. The van der Waals surface area contributed by atoms with Crippen molar-refractivity contribution in [3.8, 4) is 5.75 Å². The van der Waals surface area contributed by atoms with Crippen molar-refractivity contribution in [2.45, 2.75) is 0 Å². The lowest BCUT2D eigenvalue weighted by molar-refractivity contribution is 0.0510. The zero-order valence-corrected chi connectivity index (χ0v) is 8.86. The van der Waals surface area contributed by atoms with E-state index in [2.05, 4.69) is 5.16 Å². The van der Waals surface area contributed by atoms with E-state index in [0.29, 0.717) is 16.3 Å². The number of ether oxygens (including phenoxy) is 2. The van der Waals surface area contributed by atoms with E-state index < -0.39 is 0 Å². The molecule has 0 amide bonds. The van der Waals surface area contributed by atoms with E-state index in [9.17, 15) is 0 Å². The summed E-state index contributed by atoms with van der Waals surface area (Å²) in [6, 6.07) is 4.97. The number of oxime groups is 1. The molecular formula is C9H11ClN2O3. The Balaban J connectivity index is 3.09. The number of halogens is 1. The van der Waals surface area contributed by atoms with Crippen molar-refractivity contribution in [1.29, 1.82) is 0 Å². The van der Waals surface area contributed by atoms with Gasteiger partial charge in [0, 0.05) is 7.11 Å². The number of hydrogen-bond acceptors (Lipinski definition) is 4. The lowest BCUT2D eigenvalue weighted by Crippen LogP contribution is -2.16. The largest absolute Gasteiger partial charge is 0.467 e. The van der Waals surface area contributed by atoms with Gasteiger partial charge in [0.2, 0.25) is 0 Å². The van der Waals surface area contributed by atoms with Gasteiger partial charge in [-0.15, -0.1) is 0 Å². The van der Waals surface area contributed by atoms with Crippen LogP contribution in [-0.4, -0.2) is 24.9 Å². The Labute approximate surface area is 92.0 Å². The van der Waals surface area contributed by atoms with Crippen LogP contribution in [0.25, 0.3) is 0 Å². The van der Waals surface area contributed by atoms with E-state index in [0.717, 1.165) is 0 Å². The van der Waals surface area contributed by atoms with E-state index in [4.69, 9.17) is 32.0 Å². The highest BCUT2D eigenvalue weighted by atomic mass is 35.5. The minimum atomic E-state index is -0.105. The lowest BCUT2D eigenvalue weighted by atomic mass is 10.2. The van der Waals surface area contributed by atoms with Gasteiger partial charge >= 0.3 is 0 Å². The Morgan fingerprint density at radius 2 is 2.33 bits per heavy atom. The topological polar surface area (TPSA) is 77.1 Å². The third-order valence-electron chi connectivity index (χ3n) is 1.67. The maximum atomic E-state index is 8.58. The molecule has 0 saturated heterocycles. The quantitative estimate of drug-likeness (QED) is 0.270. The summed E-state index contributed by atoms with van der Waals surface area (Å²) in [5, 5.41) is 11.8. The number of rotatable bonds is 4. The van der Waals surface area contributed by atoms with Crippen LogP contribution in [0.3, 0.4) is 0 Å². The molecule has 0 spiro atoms. The van der Waals surface area contributed by atoms with Gasteiger partial charge in [-0.2, -0.15) is 0 Å². The lowest BCUT2D eigenvalue weighted by Gasteiger charge is -2.10. The van der Waals surface area contributed by atoms with Crippen molar-refractivity contribution < 1.29 is 14.7 Å². The van der Waals surface area contributed by atoms with Gasteiger partial charge in [0.05, 0.1) is 10.6 Å². The SMILES string of the molecule is COCOc1cccc(Cl)c1/C(N)=N/O. The normalized spacial score (nSPS) is 11.5. The van der Waals surface area contributed by atoms with Crippen LogP contribution in [0.15, 0.2) is 23.4 Å². The highest BCUT2D eigenvalue weighted by Gasteiger charge is 2.12. The Hall–Kier alpha value is -1.46. The van der Waals surface area contributed by atoms with Gasteiger partial charge in [0.15, 0.2) is 12.6 Å². The molecule has 5 nitrogen and oxygen atoms in total. The van der Waals surface area contributed by atoms with Crippen LogP contribution in [-0.2, 0) is 4.74 Å². The molecule has 1 aromatic carbocycles. The van der Waals surface area contributed by atoms with Crippen LogP contribution >= 0.6 is 11.6 Å². The van der Waals surface area contributed by atoms with E-state index in [-0.39, 0.29) is 12.6 Å². The van der Waals surface area contributed by atoms with Crippen LogP contribution in [0.2, 0.25) is 5.02 Å². The third-order valence-corrected chi connectivity index (χ3v) is 1.99. The van der Waals surface area contributed by atoms with Crippen molar-refractivity contribution >= 4 is 17.4 Å². The third kappa shape index (κ3) is 2.74. The second-order valence-electron chi connectivity index (χ2n) is 2.65. The van der Waals surface area contributed by atoms with Crippen LogP contribution in [0.1, 0.15) is 5.56 Å². The molecule has 0 aliphatic heterocycles. The van der Waals surface area contributed by atoms with Crippen molar-refractivity contribution in [2.24, 2.45) is 10.9 Å². The second-order valence-corrected chi connectivity index (χ2v) is 3.06. The van der Waals surface area contributed by atoms with Crippen LogP contribution in [0.5, 0.6) is 5.75 Å². The van der Waals surface area contributed by atoms with Gasteiger partial charge in [-0.25, -0.2) is 0 Å². The van der Waals surface area contributed by atoms with Crippen LogP contribution in [0, 0.1) is 0 Å². The number of methoxy groups -OCH3 is 1. The molecule has 3 N–H and O–H groups in total. The van der Waals surface area contributed by atoms with Crippen molar-refractivity contribution in [2.75, 3.05) is 13.9 Å². The first-order chi connectivity index (χ1) is 7.20. The highest BCUT2D eigenvalue weighted by Crippen LogP contribution is 2.26. The molecule has 0 aliphatic carbocycles. The molecule has 82 valence electrons. The van der Waals surface area contributed by atoms with Gasteiger partial charge in [-0.1, -0.05) is 22.8 Å². The first kappa shape index (κ1) is 11.6. The summed E-state index contributed by atoms with van der Waals surface area (Å²) < 4.78 is 9.96. The Bertz CT molecular complexity index is 368. The number of benzene rings is 1. The first-order valence-corrected chi connectivity index (χ1v) is 4.46. The standard InChI is InChI=1S/C9H11ClN2O3/c1-14-5-15-7-4-2-3-6(10)8(7)9(11)12-13/h2-4,13H,5H2,1H3,(H2,11,12). The average molecular weight is 231 g/mol. The summed E-state index contributed by atoms with van der Waals surface area (Å²) in [5.41, 5.74) is 5.81. The molecular weight excluding hydrogens is 220 g/mol. The summed E-state index contributed by atoms with van der Waals surface area (Å²) in [6.45, 7) is 0.0616. The Morgan fingerprint density at radius 3 is 2.93 bits per heavy atom. The highest BCUT2D eigenvalue weighted by molar-refractivity contribution is 6.34. The van der Waals surface area contributed by atoms with Gasteiger partial charge in [0.25, 0.3) is 0 Å². The average Bonchev–Trinajstić information content (AvgIpc) is 2.25. The van der Waals surface area contributed by atoms with E-state index in [1.54, 1.807) is 18.2 Å². The first-order valence-electron chi connectivity index (χ1n) is 4.09. The molecule has 0 atom stereocenters. The van der Waals surface area contributed by atoms with Crippen molar-refractivity contribution in [3.05, 3.63) is 28.8 Å². The molecule has 0 saturated carbocycles. The fourth-order valence-electron chi connectivity index (χ4n) is 1.05. The predicted octanol–water partition coefficient (Wildman–Crippen LogP) is 1.42. The molecule has 0 fully saturated rings. The number of nitrogens with zero attached hydrogens (tertiary/aromatic N) is 1. The molecule has 6 heteroatoms. The zero-order chi connectivity index (χ0) is 11.3. The van der Waals surface area contributed by atoms with Gasteiger partial charge < -0.3 is 20.4 Å². The summed E-state index contributed by atoms with van der Waals surface area (Å²) in [4.78, 5) is 0. The summed E-state index contributed by atoms with van der Waals surface area (Å²) >= 11 is 5.89. The molecule has 0 aromatic heterocycles. The van der Waals surface area contributed by atoms with Crippen LogP contribution < -0.4 is 10.5 Å². The maximum Gasteiger partial charge on any atom is 0.188 e. The van der Waals surface area contributed by atoms with Crippen molar-refractivity contribution in [1.82, 2.24) is 0 Å². The van der Waals surface area contributed by atoms with Gasteiger partial charge in [0.1, 0.15) is 5.75 Å². The van der Waals surface area contributed by atoms with Crippen molar-refractivity contribution in [3.63, 3.8) is 0 Å². The van der Waals surface area contributed by atoms with E-state index in [1.165, 1.54) is 7.11 Å². The van der Waals surface area contributed by atoms with E-state index in [1.807, 2.05) is 0 Å². The maximum absolute atomic E-state index is 8.58. The minimum Gasteiger partial charge on any atom is -0.467 e. The van der Waals surface area contributed by atoms with Gasteiger partial charge in [-0.3, -0.25) is 0 Å². The minimum absolute atomic E-state index is 0.0616. The second kappa shape index (κ2) is 5.43.